The van der Waals surface area contributed by atoms with Gasteiger partial charge in [0.25, 0.3) is 0 Å². The molecule has 110 valence electrons. The lowest BCUT2D eigenvalue weighted by Gasteiger charge is -2.38. The number of urea groups is 1. The van der Waals surface area contributed by atoms with E-state index in [2.05, 4.69) is 26.1 Å². The zero-order chi connectivity index (χ0) is 14.6. The lowest BCUT2D eigenvalue weighted by Crippen LogP contribution is -2.48. The quantitative estimate of drug-likeness (QED) is 0.712. The molecule has 1 aliphatic heterocycles. The van der Waals surface area contributed by atoms with E-state index in [0.717, 1.165) is 12.8 Å². The molecule has 1 atom stereocenters. The van der Waals surface area contributed by atoms with Crippen molar-refractivity contribution in [3.63, 3.8) is 0 Å². The van der Waals surface area contributed by atoms with Crippen LogP contribution in [0.3, 0.4) is 0 Å². The first kappa shape index (κ1) is 15.8. The van der Waals surface area contributed by atoms with Gasteiger partial charge in [0.2, 0.25) is 0 Å². The number of aliphatic carboxylic acids is 1. The van der Waals surface area contributed by atoms with Crippen molar-refractivity contribution in [1.29, 1.82) is 0 Å². The van der Waals surface area contributed by atoms with Gasteiger partial charge in [0.05, 0.1) is 6.54 Å². The molecular weight excluding hydrogens is 248 g/mol. The number of carbonyl (C=O) groups excluding carboxylic acids is 1. The molecule has 0 aromatic rings. The smallest absolute Gasteiger partial charge is 0.334 e. The van der Waals surface area contributed by atoms with Crippen LogP contribution in [0.15, 0.2) is 0 Å². The zero-order valence-corrected chi connectivity index (χ0v) is 11.8. The number of rotatable bonds is 3. The Hall–Kier alpha value is -1.30. The predicted molar refractivity (Wildman–Crippen MR) is 70.8 cm³/mol. The zero-order valence-electron chi connectivity index (χ0n) is 11.8. The molecule has 3 N–H and O–H groups in total. The van der Waals surface area contributed by atoms with Crippen LogP contribution in [-0.2, 0) is 4.79 Å². The number of hydrogen-bond acceptors (Lipinski definition) is 3. The van der Waals surface area contributed by atoms with E-state index in [0.29, 0.717) is 19.0 Å². The highest BCUT2D eigenvalue weighted by molar-refractivity contribution is 5.76. The molecule has 0 aromatic carbocycles. The summed E-state index contributed by atoms with van der Waals surface area (Å²) in [5.41, 5.74) is 0.252. The van der Waals surface area contributed by atoms with Crippen LogP contribution in [0.2, 0.25) is 0 Å². The SMILES string of the molecule is CC(C)(C)C1CCN(C(=O)NC[C@H](O)C(=O)O)CC1. The van der Waals surface area contributed by atoms with Crippen LogP contribution in [0.25, 0.3) is 0 Å². The van der Waals surface area contributed by atoms with Crippen LogP contribution in [0.1, 0.15) is 33.6 Å². The number of nitrogens with one attached hydrogen (secondary N) is 1. The summed E-state index contributed by atoms with van der Waals surface area (Å²) in [5, 5.41) is 20.0. The Morgan fingerprint density at radius 2 is 1.84 bits per heavy atom. The summed E-state index contributed by atoms with van der Waals surface area (Å²) in [6.07, 6.45) is 0.368. The van der Waals surface area contributed by atoms with Gasteiger partial charge in [-0.25, -0.2) is 9.59 Å². The third kappa shape index (κ3) is 4.70. The fourth-order valence-electron chi connectivity index (χ4n) is 2.33. The van der Waals surface area contributed by atoms with Gasteiger partial charge in [-0.3, -0.25) is 0 Å². The van der Waals surface area contributed by atoms with Crippen LogP contribution in [0, 0.1) is 11.3 Å². The number of hydrogen-bond donors (Lipinski definition) is 3. The van der Waals surface area contributed by atoms with Crippen LogP contribution >= 0.6 is 0 Å². The third-order valence-electron chi connectivity index (χ3n) is 3.74. The van der Waals surface area contributed by atoms with Gasteiger partial charge in [0.15, 0.2) is 6.10 Å². The maximum Gasteiger partial charge on any atom is 0.334 e. The van der Waals surface area contributed by atoms with Crippen LogP contribution in [0.5, 0.6) is 0 Å². The van der Waals surface area contributed by atoms with Crippen molar-refractivity contribution < 1.29 is 19.8 Å². The van der Waals surface area contributed by atoms with Gasteiger partial charge in [0, 0.05) is 13.1 Å². The number of aliphatic hydroxyl groups excluding tert-OH is 1. The molecule has 0 spiro atoms. The van der Waals surface area contributed by atoms with Crippen molar-refractivity contribution in [2.24, 2.45) is 11.3 Å². The topological polar surface area (TPSA) is 89.9 Å². The van der Waals surface area contributed by atoms with Gasteiger partial charge in [-0.15, -0.1) is 0 Å². The summed E-state index contributed by atoms with van der Waals surface area (Å²) in [7, 11) is 0. The van der Waals surface area contributed by atoms with Crippen molar-refractivity contribution >= 4 is 12.0 Å². The van der Waals surface area contributed by atoms with Gasteiger partial charge < -0.3 is 20.4 Å². The van der Waals surface area contributed by atoms with Gasteiger partial charge >= 0.3 is 12.0 Å². The van der Waals surface area contributed by atoms with E-state index in [9.17, 15) is 9.59 Å². The van der Waals surface area contributed by atoms with E-state index in [-0.39, 0.29) is 18.0 Å². The minimum Gasteiger partial charge on any atom is -0.479 e. The Kier molecular flexibility index (Phi) is 5.17. The molecule has 6 nitrogen and oxygen atoms in total. The van der Waals surface area contributed by atoms with Crippen LogP contribution in [-0.4, -0.2) is 52.9 Å². The largest absolute Gasteiger partial charge is 0.479 e. The maximum absolute atomic E-state index is 11.8. The average molecular weight is 272 g/mol. The van der Waals surface area contributed by atoms with E-state index in [1.165, 1.54) is 0 Å². The summed E-state index contributed by atoms with van der Waals surface area (Å²) in [6.45, 7) is 7.71. The molecule has 1 rings (SSSR count). The lowest BCUT2D eigenvalue weighted by molar-refractivity contribution is -0.146. The number of likely N-dealkylation sites (tertiary alicyclic amines) is 1. The molecule has 0 saturated carbocycles. The van der Waals surface area contributed by atoms with Gasteiger partial charge in [-0.05, 0) is 24.2 Å². The average Bonchev–Trinajstić information content (AvgIpc) is 2.34. The highest BCUT2D eigenvalue weighted by Gasteiger charge is 2.30. The second-order valence-corrected chi connectivity index (χ2v) is 6.17. The molecule has 6 heteroatoms. The fraction of sp³-hybridized carbons (Fsp3) is 0.846. The summed E-state index contributed by atoms with van der Waals surface area (Å²) in [4.78, 5) is 23.9. The van der Waals surface area contributed by atoms with Gasteiger partial charge in [0.1, 0.15) is 0 Å². The second-order valence-electron chi connectivity index (χ2n) is 6.17. The molecule has 0 radical (unpaired) electrons. The Balaban J connectivity index is 2.35. The Labute approximate surface area is 113 Å². The molecule has 1 heterocycles. The fourth-order valence-corrected chi connectivity index (χ4v) is 2.33. The minimum absolute atomic E-state index is 0.252. The summed E-state index contributed by atoms with van der Waals surface area (Å²) in [6, 6.07) is -0.298. The van der Waals surface area contributed by atoms with E-state index in [1.54, 1.807) is 4.90 Å². The number of carboxylic acid groups (broad SMARTS) is 1. The first-order valence-corrected chi connectivity index (χ1v) is 6.65. The molecule has 1 fully saturated rings. The Morgan fingerprint density at radius 1 is 1.32 bits per heavy atom. The van der Waals surface area contributed by atoms with Crippen molar-refractivity contribution in [3.8, 4) is 0 Å². The molecule has 0 aliphatic carbocycles. The highest BCUT2D eigenvalue weighted by Crippen LogP contribution is 2.34. The summed E-state index contributed by atoms with van der Waals surface area (Å²) >= 11 is 0. The minimum atomic E-state index is -1.55. The van der Waals surface area contributed by atoms with Crippen molar-refractivity contribution in [1.82, 2.24) is 10.2 Å². The van der Waals surface area contributed by atoms with E-state index in [1.807, 2.05) is 0 Å². The molecule has 0 unspecified atom stereocenters. The highest BCUT2D eigenvalue weighted by atomic mass is 16.4. The number of nitrogens with zero attached hydrogens (tertiary/aromatic N) is 1. The van der Waals surface area contributed by atoms with Gasteiger partial charge in [-0.2, -0.15) is 0 Å². The summed E-state index contributed by atoms with van der Waals surface area (Å²) in [5.74, 6) is -0.729. The first-order chi connectivity index (χ1) is 8.71. The van der Waals surface area contributed by atoms with Crippen molar-refractivity contribution in [2.45, 2.75) is 39.7 Å². The summed E-state index contributed by atoms with van der Waals surface area (Å²) < 4.78 is 0. The van der Waals surface area contributed by atoms with E-state index in [4.69, 9.17) is 10.2 Å². The van der Waals surface area contributed by atoms with E-state index < -0.39 is 12.1 Å². The first-order valence-electron chi connectivity index (χ1n) is 6.65. The molecular formula is C13H24N2O4. The monoisotopic (exact) mass is 272 g/mol. The number of carbonyl (C=O) groups is 2. The third-order valence-corrected chi connectivity index (χ3v) is 3.74. The lowest BCUT2D eigenvalue weighted by atomic mass is 9.75. The van der Waals surface area contributed by atoms with Crippen LogP contribution in [0.4, 0.5) is 4.79 Å². The normalized spacial score (nSPS) is 19.1. The number of carboxylic acids is 1. The Morgan fingerprint density at radius 3 is 2.26 bits per heavy atom. The van der Waals surface area contributed by atoms with Crippen molar-refractivity contribution in [2.75, 3.05) is 19.6 Å². The standard InChI is InChI=1S/C13H24N2O4/c1-13(2,3)9-4-6-15(7-5-9)12(19)14-8-10(16)11(17)18/h9-10,16H,4-8H2,1-3H3,(H,14,19)(H,17,18)/t10-/m0/s1. The van der Waals surface area contributed by atoms with Crippen LogP contribution < -0.4 is 5.32 Å². The number of piperidine rings is 1. The molecule has 19 heavy (non-hydrogen) atoms. The molecule has 1 aliphatic rings. The maximum atomic E-state index is 11.8. The molecule has 1 saturated heterocycles. The van der Waals surface area contributed by atoms with E-state index >= 15 is 0 Å². The molecule has 2 amide bonds. The van der Waals surface area contributed by atoms with Crippen molar-refractivity contribution in [3.05, 3.63) is 0 Å². The second kappa shape index (κ2) is 6.23. The molecule has 0 aromatic heterocycles. The van der Waals surface area contributed by atoms with Gasteiger partial charge in [-0.1, -0.05) is 20.8 Å². The number of aliphatic hydroxyl groups is 1. The molecule has 0 bridgehead atoms. The Bertz CT molecular complexity index is 330. The number of amides is 2. The predicted octanol–water partition coefficient (Wildman–Crippen LogP) is 0.900.